The number of hydrogen-bond acceptors (Lipinski definition) is 9. The average Bonchev–Trinajstić information content (AvgIpc) is 3.48. The third kappa shape index (κ3) is 7.18. The summed E-state index contributed by atoms with van der Waals surface area (Å²) in [5.41, 5.74) is 1.11. The highest BCUT2D eigenvalue weighted by Gasteiger charge is 2.57. The second kappa shape index (κ2) is 14.6. The largest absolute Gasteiger partial charge is 1.00 e. The number of rotatable bonds is 9. The van der Waals surface area contributed by atoms with E-state index in [1.54, 1.807) is 42.4 Å². The number of carbonyl (C=O) groups is 5. The van der Waals surface area contributed by atoms with E-state index in [0.29, 0.717) is 24.4 Å². The predicted octanol–water partition coefficient (Wildman–Crippen LogP) is -0.00410. The van der Waals surface area contributed by atoms with E-state index in [1.807, 2.05) is 67.6 Å². The van der Waals surface area contributed by atoms with Crippen LogP contribution in [0.2, 0.25) is 0 Å². The van der Waals surface area contributed by atoms with Gasteiger partial charge in [-0.1, -0.05) is 60.7 Å². The minimum atomic E-state index is -0.946. The van der Waals surface area contributed by atoms with Gasteiger partial charge in [-0.2, -0.15) is 9.58 Å². The zero-order valence-electron chi connectivity index (χ0n) is 27.2. The molecule has 1 fully saturated rings. The Kier molecular flexibility index (Phi) is 10.7. The molecule has 1 aromatic heterocycles. The van der Waals surface area contributed by atoms with Crippen molar-refractivity contribution in [3.05, 3.63) is 89.8 Å². The molecule has 13 nitrogen and oxygen atoms in total. The zero-order valence-corrected chi connectivity index (χ0v) is 30.2. The molecule has 0 saturated carbocycles. The third-order valence-corrected chi connectivity index (χ3v) is 9.53. The lowest BCUT2D eigenvalue weighted by atomic mass is 10.0. The number of nitrogens with zero attached hydrogens (tertiary/aromatic N) is 4. The molecule has 2 aromatic carbocycles. The SMILES string of the molecule is CC1S[C@@H]2[C@H](NC(=O)OC(C)(C)C)C(=O)N2C(C(=O)OC(c2ccccc2)c2ccccc2)=C1n1ccc2[n+]1CC(OC=O)CN2C=O.[I-]. The number of ether oxygens (including phenoxy) is 3. The number of aromatic nitrogens is 2. The Bertz CT molecular complexity index is 1720. The monoisotopic (exact) mass is 801 g/mol. The van der Waals surface area contributed by atoms with Crippen molar-refractivity contribution in [2.24, 2.45) is 0 Å². The van der Waals surface area contributed by atoms with Crippen molar-refractivity contribution in [3.63, 3.8) is 0 Å². The van der Waals surface area contributed by atoms with Crippen LogP contribution in [0, 0.1) is 0 Å². The first-order valence-corrected chi connectivity index (χ1v) is 16.4. The van der Waals surface area contributed by atoms with Crippen LogP contribution in [-0.2, 0) is 39.9 Å². The number of nitrogens with one attached hydrogen (secondary N) is 1. The van der Waals surface area contributed by atoms with Gasteiger partial charge in [0, 0.05) is 0 Å². The van der Waals surface area contributed by atoms with Gasteiger partial charge in [-0.3, -0.25) is 19.3 Å². The van der Waals surface area contributed by atoms with Crippen LogP contribution in [0.3, 0.4) is 0 Å². The first-order valence-electron chi connectivity index (χ1n) is 15.5. The van der Waals surface area contributed by atoms with Crippen LogP contribution in [-0.4, -0.2) is 75.3 Å². The van der Waals surface area contributed by atoms with Crippen LogP contribution in [0.5, 0.6) is 0 Å². The maximum Gasteiger partial charge on any atom is 0.408 e. The minimum Gasteiger partial charge on any atom is -1.00 e. The molecule has 258 valence electrons. The van der Waals surface area contributed by atoms with Gasteiger partial charge in [0.15, 0.2) is 24.4 Å². The van der Waals surface area contributed by atoms with Gasteiger partial charge in [0.05, 0.1) is 17.5 Å². The molecule has 3 aromatic rings. The van der Waals surface area contributed by atoms with E-state index >= 15 is 0 Å². The first kappa shape index (κ1) is 35.9. The summed E-state index contributed by atoms with van der Waals surface area (Å²) in [5.74, 6) is -0.745. The van der Waals surface area contributed by atoms with E-state index in [1.165, 1.54) is 21.6 Å². The van der Waals surface area contributed by atoms with Crippen LogP contribution < -0.4 is 38.9 Å². The molecule has 3 aliphatic rings. The molecule has 1 saturated heterocycles. The highest BCUT2D eigenvalue weighted by atomic mass is 127. The smallest absolute Gasteiger partial charge is 0.408 e. The van der Waals surface area contributed by atoms with Gasteiger partial charge in [-0.05, 0) is 38.8 Å². The molecule has 2 unspecified atom stereocenters. The van der Waals surface area contributed by atoms with Crippen LogP contribution in [0.15, 0.2) is 78.6 Å². The fourth-order valence-corrected chi connectivity index (χ4v) is 7.56. The summed E-state index contributed by atoms with van der Waals surface area (Å²) in [7, 11) is 0. The lowest BCUT2D eigenvalue weighted by molar-refractivity contribution is -0.762. The van der Waals surface area contributed by atoms with E-state index in [4.69, 9.17) is 14.2 Å². The molecular formula is C34H36IN5O8S. The molecule has 1 N–H and O–H groups in total. The number of esters is 1. The summed E-state index contributed by atoms with van der Waals surface area (Å²) in [4.78, 5) is 67.1. The molecule has 4 heterocycles. The third-order valence-electron chi connectivity index (χ3n) is 8.13. The summed E-state index contributed by atoms with van der Waals surface area (Å²) in [6.45, 7) is 7.74. The molecule has 3 amide bonds. The standard InChI is InChI=1S/C34H35N5O8S.HI/c1-21-27(37-16-15-25-36(19-40)17-24(45-20-41)18-38(25)37)28(39-30(42)26(31(39)48-21)35-33(44)47-34(2,3)4)32(43)46-29(22-11-7-5-8-12-22)23-13-9-6-10-14-23;/h5-16,19-21,24,26,29,31H,17-18H2,1-4H3;1H/t21?,24?,26-,31-;/m1./s1. The number of fused-ring (bicyclic) bond motifs is 2. The van der Waals surface area contributed by atoms with Crippen LogP contribution >= 0.6 is 11.8 Å². The second-order valence-corrected chi connectivity index (χ2v) is 14.0. The molecule has 3 aliphatic heterocycles. The van der Waals surface area contributed by atoms with Gasteiger partial charge < -0.3 is 43.5 Å². The number of benzene rings is 2. The van der Waals surface area contributed by atoms with E-state index in [0.717, 1.165) is 11.1 Å². The summed E-state index contributed by atoms with van der Waals surface area (Å²) < 4.78 is 20.4. The number of β-lactam (4-membered cyclic amide) rings is 1. The van der Waals surface area contributed by atoms with Gasteiger partial charge in [0.2, 0.25) is 0 Å². The van der Waals surface area contributed by atoms with Crippen molar-refractivity contribution in [2.45, 2.75) is 68.7 Å². The van der Waals surface area contributed by atoms with Gasteiger partial charge in [-0.15, -0.1) is 16.4 Å². The lowest BCUT2D eigenvalue weighted by Crippen LogP contribution is -3.00. The van der Waals surface area contributed by atoms with E-state index in [-0.39, 0.29) is 42.8 Å². The molecule has 0 bridgehead atoms. The lowest BCUT2D eigenvalue weighted by Gasteiger charge is -2.51. The molecular weight excluding hydrogens is 765 g/mol. The van der Waals surface area contributed by atoms with Crippen molar-refractivity contribution >= 4 is 54.1 Å². The van der Waals surface area contributed by atoms with E-state index in [9.17, 15) is 24.0 Å². The molecule has 4 atom stereocenters. The predicted molar refractivity (Wildman–Crippen MR) is 174 cm³/mol. The van der Waals surface area contributed by atoms with Crippen molar-refractivity contribution in [1.82, 2.24) is 14.9 Å². The highest BCUT2D eigenvalue weighted by molar-refractivity contribution is 8.01. The average molecular weight is 802 g/mol. The number of anilines is 1. The van der Waals surface area contributed by atoms with Gasteiger partial charge >= 0.3 is 17.9 Å². The van der Waals surface area contributed by atoms with Gasteiger partial charge in [0.25, 0.3) is 18.8 Å². The number of amides is 3. The van der Waals surface area contributed by atoms with Crippen molar-refractivity contribution in [2.75, 3.05) is 11.4 Å². The topological polar surface area (TPSA) is 140 Å². The summed E-state index contributed by atoms with van der Waals surface area (Å²) >= 11 is 1.38. The van der Waals surface area contributed by atoms with Crippen molar-refractivity contribution in [1.29, 1.82) is 0 Å². The van der Waals surface area contributed by atoms with Crippen LogP contribution in [0.4, 0.5) is 10.6 Å². The summed E-state index contributed by atoms with van der Waals surface area (Å²) in [6, 6.07) is 19.3. The van der Waals surface area contributed by atoms with Gasteiger partial charge in [-0.25, -0.2) is 9.59 Å². The quantitative estimate of drug-likeness (QED) is 0.0792. The van der Waals surface area contributed by atoms with E-state index in [2.05, 4.69) is 5.32 Å². The Balaban J connectivity index is 0.00000468. The summed E-state index contributed by atoms with van der Waals surface area (Å²) in [6.07, 6.45) is 0.146. The number of carbonyl (C=O) groups excluding carboxylic acids is 5. The molecule has 49 heavy (non-hydrogen) atoms. The Labute approximate surface area is 304 Å². The maximum absolute atomic E-state index is 14.6. The number of alkyl carbamates (subject to hydrolysis) is 1. The zero-order chi connectivity index (χ0) is 34.2. The number of thioether (sulfide) groups is 1. The number of hydrogen-bond donors (Lipinski definition) is 1. The minimum absolute atomic E-state index is 0. The Morgan fingerprint density at radius 3 is 2.22 bits per heavy atom. The van der Waals surface area contributed by atoms with Crippen molar-refractivity contribution in [3.8, 4) is 0 Å². The van der Waals surface area contributed by atoms with Crippen molar-refractivity contribution < 1.29 is 66.8 Å². The fourth-order valence-electron chi connectivity index (χ4n) is 6.12. The molecule has 0 spiro atoms. The van der Waals surface area contributed by atoms with Gasteiger partial charge in [0.1, 0.15) is 29.3 Å². The summed E-state index contributed by atoms with van der Waals surface area (Å²) in [5, 5.41) is 1.62. The highest BCUT2D eigenvalue weighted by Crippen LogP contribution is 2.46. The maximum atomic E-state index is 14.6. The van der Waals surface area contributed by atoms with E-state index < -0.39 is 52.4 Å². The first-order chi connectivity index (χ1) is 23.0. The van der Waals surface area contributed by atoms with Crippen LogP contribution in [0.25, 0.3) is 5.70 Å². The van der Waals surface area contributed by atoms with Crippen LogP contribution in [0.1, 0.15) is 44.9 Å². The second-order valence-electron chi connectivity index (χ2n) is 12.6. The Hall–Kier alpha value is -4.38. The Morgan fingerprint density at radius 1 is 1.02 bits per heavy atom. The fraction of sp³-hybridized carbons (Fsp3) is 0.353. The normalized spacial score (nSPS) is 21.4. The molecule has 15 heteroatoms. The number of halogens is 1. The molecule has 0 radical (unpaired) electrons. The molecule has 0 aliphatic carbocycles. The molecule has 6 rings (SSSR count). The Morgan fingerprint density at radius 2 is 1.65 bits per heavy atom.